The highest BCUT2D eigenvalue weighted by Crippen LogP contribution is 2.02. The van der Waals surface area contributed by atoms with Crippen molar-refractivity contribution in [1.29, 1.82) is 0 Å². The smallest absolute Gasteiger partial charge is 0.322 e. The molecule has 0 fully saturated rings. The van der Waals surface area contributed by atoms with E-state index < -0.39 is 27.8 Å². The van der Waals surface area contributed by atoms with Crippen molar-refractivity contribution in [1.82, 2.24) is 4.72 Å². The molecule has 0 saturated heterocycles. The van der Waals surface area contributed by atoms with Gasteiger partial charge in [0, 0.05) is 6.04 Å². The van der Waals surface area contributed by atoms with E-state index in [0.29, 0.717) is 0 Å². The quantitative estimate of drug-likeness (QED) is 0.586. The van der Waals surface area contributed by atoms with Crippen LogP contribution in [0.15, 0.2) is 0 Å². The van der Waals surface area contributed by atoms with Gasteiger partial charge < -0.3 is 9.84 Å². The number of esters is 1. The van der Waals surface area contributed by atoms with Crippen LogP contribution in [-0.2, 0) is 19.6 Å². The molecule has 0 radical (unpaired) electrons. The predicted octanol–water partition coefficient (Wildman–Crippen LogP) is -0.904. The van der Waals surface area contributed by atoms with Crippen LogP contribution in [0.5, 0.6) is 0 Å². The molecule has 0 saturated carbocycles. The molecule has 0 aromatic carbocycles. The number of sulfonamides is 1. The van der Waals surface area contributed by atoms with Gasteiger partial charge >= 0.3 is 5.97 Å². The minimum atomic E-state index is -3.73. The van der Waals surface area contributed by atoms with Gasteiger partial charge in [0.25, 0.3) is 0 Å². The Hall–Kier alpha value is -0.660. The van der Waals surface area contributed by atoms with Crippen LogP contribution in [0.25, 0.3) is 0 Å². The molecule has 0 aliphatic rings. The molecular weight excluding hydrogens is 222 g/mol. The maximum atomic E-state index is 11.4. The zero-order valence-corrected chi connectivity index (χ0v) is 9.87. The first-order valence-electron chi connectivity index (χ1n) is 4.50. The minimum absolute atomic E-state index is 0.0533. The van der Waals surface area contributed by atoms with Crippen LogP contribution in [0.3, 0.4) is 0 Å². The Morgan fingerprint density at radius 1 is 1.47 bits per heavy atom. The number of hydrogen-bond donors (Lipinski definition) is 2. The Kier molecular flexibility index (Phi) is 5.77. The molecule has 0 rings (SSSR count). The molecule has 0 heterocycles. The van der Waals surface area contributed by atoms with Gasteiger partial charge in [0.2, 0.25) is 10.0 Å². The van der Waals surface area contributed by atoms with Crippen LogP contribution in [0.4, 0.5) is 0 Å². The summed E-state index contributed by atoms with van der Waals surface area (Å²) >= 11 is 0. The van der Waals surface area contributed by atoms with E-state index in [9.17, 15) is 13.2 Å². The van der Waals surface area contributed by atoms with Crippen molar-refractivity contribution in [2.75, 3.05) is 19.5 Å². The molecule has 0 spiro atoms. The molecule has 0 bridgehead atoms. The summed E-state index contributed by atoms with van der Waals surface area (Å²) in [7, 11) is -2.62. The van der Waals surface area contributed by atoms with Crippen LogP contribution in [-0.4, -0.2) is 45.0 Å². The molecule has 2 N–H and O–H groups in total. The molecular formula is C8H17NO5S. The molecule has 7 heteroatoms. The average Bonchev–Trinajstić information content (AvgIpc) is 2.13. The Morgan fingerprint density at radius 3 is 2.33 bits per heavy atom. The third-order valence-electron chi connectivity index (χ3n) is 1.87. The van der Waals surface area contributed by atoms with Crippen molar-refractivity contribution in [2.24, 2.45) is 5.92 Å². The summed E-state index contributed by atoms with van der Waals surface area (Å²) in [6.45, 7) is 3.22. The lowest BCUT2D eigenvalue weighted by Gasteiger charge is -2.19. The minimum Gasteiger partial charge on any atom is -0.468 e. The van der Waals surface area contributed by atoms with Crippen LogP contribution < -0.4 is 4.72 Å². The first kappa shape index (κ1) is 14.3. The summed E-state index contributed by atoms with van der Waals surface area (Å²) in [6.07, 6.45) is 0. The Bertz CT molecular complexity index is 298. The van der Waals surface area contributed by atoms with Crippen molar-refractivity contribution in [3.63, 3.8) is 0 Å². The molecule has 0 unspecified atom stereocenters. The lowest BCUT2D eigenvalue weighted by molar-refractivity contribution is -0.137. The third-order valence-corrected chi connectivity index (χ3v) is 3.15. The first-order chi connectivity index (χ1) is 6.82. The van der Waals surface area contributed by atoms with E-state index in [-0.39, 0.29) is 12.5 Å². The fraction of sp³-hybridized carbons (Fsp3) is 0.875. The SMILES string of the molecule is COC(=O)CS(=O)(=O)N[C@H](CO)C(C)C. The van der Waals surface area contributed by atoms with Gasteiger partial charge in [-0.15, -0.1) is 0 Å². The molecule has 0 aromatic heterocycles. The van der Waals surface area contributed by atoms with Crippen molar-refractivity contribution >= 4 is 16.0 Å². The molecule has 6 nitrogen and oxygen atoms in total. The topological polar surface area (TPSA) is 92.7 Å². The Morgan fingerprint density at radius 2 is 2.00 bits per heavy atom. The van der Waals surface area contributed by atoms with E-state index in [1.165, 1.54) is 0 Å². The number of methoxy groups -OCH3 is 1. The Labute approximate surface area is 89.7 Å². The maximum absolute atomic E-state index is 11.4. The second-order valence-electron chi connectivity index (χ2n) is 3.49. The summed E-state index contributed by atoms with van der Waals surface area (Å²) in [5, 5.41) is 8.91. The number of hydrogen-bond acceptors (Lipinski definition) is 5. The van der Waals surface area contributed by atoms with Crippen molar-refractivity contribution in [2.45, 2.75) is 19.9 Å². The highest BCUT2D eigenvalue weighted by atomic mass is 32.2. The largest absolute Gasteiger partial charge is 0.468 e. The molecule has 0 aliphatic carbocycles. The predicted molar refractivity (Wildman–Crippen MR) is 54.7 cm³/mol. The van der Waals surface area contributed by atoms with Gasteiger partial charge in [-0.05, 0) is 5.92 Å². The lowest BCUT2D eigenvalue weighted by atomic mass is 10.1. The van der Waals surface area contributed by atoms with E-state index in [4.69, 9.17) is 5.11 Å². The number of nitrogens with one attached hydrogen (secondary N) is 1. The van der Waals surface area contributed by atoms with E-state index in [1.54, 1.807) is 13.8 Å². The Balaban J connectivity index is 4.42. The molecule has 0 aliphatic heterocycles. The van der Waals surface area contributed by atoms with Crippen molar-refractivity contribution in [3.8, 4) is 0 Å². The van der Waals surface area contributed by atoms with Crippen molar-refractivity contribution in [3.05, 3.63) is 0 Å². The lowest BCUT2D eigenvalue weighted by Crippen LogP contribution is -2.43. The second kappa shape index (κ2) is 6.04. The molecule has 15 heavy (non-hydrogen) atoms. The highest BCUT2D eigenvalue weighted by molar-refractivity contribution is 7.90. The third kappa shape index (κ3) is 5.71. The highest BCUT2D eigenvalue weighted by Gasteiger charge is 2.22. The molecule has 0 amide bonds. The fourth-order valence-electron chi connectivity index (χ4n) is 0.871. The summed E-state index contributed by atoms with van der Waals surface area (Å²) in [5.74, 6) is -1.61. The fourth-order valence-corrected chi connectivity index (χ4v) is 2.19. The number of ether oxygens (including phenoxy) is 1. The van der Waals surface area contributed by atoms with E-state index in [2.05, 4.69) is 9.46 Å². The van der Waals surface area contributed by atoms with Crippen LogP contribution in [0, 0.1) is 5.92 Å². The van der Waals surface area contributed by atoms with Gasteiger partial charge in [0.05, 0.1) is 13.7 Å². The summed E-state index contributed by atoms with van der Waals surface area (Å²) in [4.78, 5) is 10.8. The van der Waals surface area contributed by atoms with Gasteiger partial charge in [-0.25, -0.2) is 13.1 Å². The maximum Gasteiger partial charge on any atom is 0.322 e. The number of rotatable bonds is 6. The number of carbonyl (C=O) groups excluding carboxylic acids is 1. The van der Waals surface area contributed by atoms with Crippen LogP contribution in [0.1, 0.15) is 13.8 Å². The second-order valence-corrected chi connectivity index (χ2v) is 5.24. The van der Waals surface area contributed by atoms with E-state index in [0.717, 1.165) is 7.11 Å². The van der Waals surface area contributed by atoms with Gasteiger partial charge in [-0.1, -0.05) is 13.8 Å². The molecule has 90 valence electrons. The summed E-state index contributed by atoms with van der Waals surface area (Å²) < 4.78 is 29.2. The van der Waals surface area contributed by atoms with Crippen molar-refractivity contribution < 1.29 is 23.1 Å². The summed E-state index contributed by atoms with van der Waals surface area (Å²) in [6, 6.07) is -0.584. The summed E-state index contributed by atoms with van der Waals surface area (Å²) in [5.41, 5.74) is 0. The zero-order chi connectivity index (χ0) is 12.1. The zero-order valence-electron chi connectivity index (χ0n) is 9.06. The average molecular weight is 239 g/mol. The monoisotopic (exact) mass is 239 g/mol. The molecule has 1 atom stereocenters. The normalized spacial score (nSPS) is 13.9. The van der Waals surface area contributed by atoms with Crippen LogP contribution in [0.2, 0.25) is 0 Å². The van der Waals surface area contributed by atoms with Crippen LogP contribution >= 0.6 is 0 Å². The number of aliphatic hydroxyl groups is 1. The van der Waals surface area contributed by atoms with E-state index in [1.807, 2.05) is 0 Å². The standard InChI is InChI=1S/C8H17NO5S/c1-6(2)7(4-10)9-15(12,13)5-8(11)14-3/h6-7,9-10H,4-5H2,1-3H3/t7-/m1/s1. The van der Waals surface area contributed by atoms with E-state index >= 15 is 0 Å². The molecule has 0 aromatic rings. The van der Waals surface area contributed by atoms with Gasteiger partial charge in [0.1, 0.15) is 0 Å². The number of aliphatic hydroxyl groups excluding tert-OH is 1. The van der Waals surface area contributed by atoms with Gasteiger partial charge in [0.15, 0.2) is 5.75 Å². The van der Waals surface area contributed by atoms with Gasteiger partial charge in [-0.2, -0.15) is 0 Å². The number of carbonyl (C=O) groups is 1. The first-order valence-corrected chi connectivity index (χ1v) is 6.15. The van der Waals surface area contributed by atoms with Gasteiger partial charge in [-0.3, -0.25) is 4.79 Å².